The second kappa shape index (κ2) is 17.9. The largest absolute Gasteiger partial charge is 0.370 e. The molecule has 0 heterocycles. The molecule has 0 saturated carbocycles. The van der Waals surface area contributed by atoms with Crippen LogP contribution in [-0.2, 0) is 0 Å². The average Bonchev–Trinajstić information content (AvgIpc) is 2.91. The second-order valence-electron chi connectivity index (χ2n) is 8.61. The summed E-state index contributed by atoms with van der Waals surface area (Å²) in [6.07, 6.45) is 3.89. The van der Waals surface area contributed by atoms with Crippen LogP contribution in [0.25, 0.3) is 0 Å². The standard InChI is InChI=1S/C28H44N6O2/c1-3-33(25-15-9-7-10-16-25)23-21-31-27(35)29-19-13-5-6-14-20-30-28(36)32-22-24-34(4-2)26-17-11-8-12-18-26/h7-12,15-18H,3-6,13-14,19-24H2,1-2H3,(H2,29,31,35)(H2,30,32,36). The lowest BCUT2D eigenvalue weighted by Crippen LogP contribution is -2.41. The molecule has 2 rings (SSSR count). The maximum Gasteiger partial charge on any atom is 0.314 e. The highest BCUT2D eigenvalue weighted by Crippen LogP contribution is 2.12. The lowest BCUT2D eigenvalue weighted by Gasteiger charge is -2.23. The minimum atomic E-state index is -0.119. The van der Waals surface area contributed by atoms with Crippen LogP contribution in [-0.4, -0.2) is 64.4 Å². The van der Waals surface area contributed by atoms with Gasteiger partial charge in [0, 0.05) is 63.7 Å². The Labute approximate surface area is 216 Å². The summed E-state index contributed by atoms with van der Waals surface area (Å²) in [5, 5.41) is 11.7. The molecular weight excluding hydrogens is 452 g/mol. The van der Waals surface area contributed by atoms with Crippen molar-refractivity contribution in [2.24, 2.45) is 0 Å². The van der Waals surface area contributed by atoms with Gasteiger partial charge in [0.25, 0.3) is 0 Å². The number of nitrogens with zero attached hydrogens (tertiary/aromatic N) is 2. The molecule has 4 N–H and O–H groups in total. The van der Waals surface area contributed by atoms with Crippen LogP contribution < -0.4 is 31.1 Å². The molecule has 36 heavy (non-hydrogen) atoms. The number of urea groups is 2. The van der Waals surface area contributed by atoms with Crippen LogP contribution in [0.2, 0.25) is 0 Å². The summed E-state index contributed by atoms with van der Waals surface area (Å²) in [7, 11) is 0. The number of likely N-dealkylation sites (N-methyl/N-ethyl adjacent to an activating group) is 2. The number of hydrogen-bond donors (Lipinski definition) is 4. The van der Waals surface area contributed by atoms with E-state index in [1.165, 1.54) is 11.4 Å². The third kappa shape index (κ3) is 11.8. The number of hydrogen-bond acceptors (Lipinski definition) is 4. The molecule has 0 fully saturated rings. The zero-order valence-electron chi connectivity index (χ0n) is 22.0. The number of para-hydroxylation sites is 2. The van der Waals surface area contributed by atoms with Gasteiger partial charge in [-0.2, -0.15) is 0 Å². The molecule has 2 aromatic carbocycles. The Morgan fingerprint density at radius 2 is 0.917 bits per heavy atom. The van der Waals surface area contributed by atoms with E-state index in [2.05, 4.69) is 69.2 Å². The fourth-order valence-corrected chi connectivity index (χ4v) is 3.96. The maximum absolute atomic E-state index is 12.0. The Balaban J connectivity index is 1.42. The Morgan fingerprint density at radius 3 is 1.28 bits per heavy atom. The van der Waals surface area contributed by atoms with E-state index in [0.29, 0.717) is 26.2 Å². The molecule has 0 unspecified atom stereocenters. The van der Waals surface area contributed by atoms with Gasteiger partial charge in [0.05, 0.1) is 0 Å². The number of amides is 4. The van der Waals surface area contributed by atoms with E-state index >= 15 is 0 Å². The van der Waals surface area contributed by atoms with Crippen LogP contribution in [0.5, 0.6) is 0 Å². The number of rotatable bonds is 17. The van der Waals surface area contributed by atoms with Crippen molar-refractivity contribution in [1.29, 1.82) is 0 Å². The molecular formula is C28H44N6O2. The van der Waals surface area contributed by atoms with Crippen molar-refractivity contribution in [2.45, 2.75) is 39.5 Å². The molecule has 0 bridgehead atoms. The summed E-state index contributed by atoms with van der Waals surface area (Å²) < 4.78 is 0. The SMILES string of the molecule is CCN(CCNC(=O)NCCCCCCNC(=O)NCCN(CC)c1ccccc1)c1ccccc1. The van der Waals surface area contributed by atoms with Gasteiger partial charge in [-0.3, -0.25) is 0 Å². The van der Waals surface area contributed by atoms with E-state index in [9.17, 15) is 9.59 Å². The Morgan fingerprint density at radius 1 is 0.556 bits per heavy atom. The van der Waals surface area contributed by atoms with Crippen molar-refractivity contribution in [2.75, 3.05) is 62.2 Å². The summed E-state index contributed by atoms with van der Waals surface area (Å²) in [4.78, 5) is 28.4. The summed E-state index contributed by atoms with van der Waals surface area (Å²) in [6, 6.07) is 20.2. The van der Waals surface area contributed by atoms with Crippen LogP contribution in [0.15, 0.2) is 60.7 Å². The molecule has 0 aromatic heterocycles. The molecule has 0 aliphatic rings. The predicted molar refractivity (Wildman–Crippen MR) is 150 cm³/mol. The van der Waals surface area contributed by atoms with E-state index in [-0.39, 0.29) is 12.1 Å². The predicted octanol–water partition coefficient (Wildman–Crippen LogP) is 4.20. The highest BCUT2D eigenvalue weighted by atomic mass is 16.2. The molecule has 0 radical (unpaired) electrons. The average molecular weight is 497 g/mol. The monoisotopic (exact) mass is 496 g/mol. The third-order valence-corrected chi connectivity index (χ3v) is 6.02. The quantitative estimate of drug-likeness (QED) is 0.247. The third-order valence-electron chi connectivity index (χ3n) is 6.02. The fourth-order valence-electron chi connectivity index (χ4n) is 3.96. The van der Waals surface area contributed by atoms with Crippen molar-refractivity contribution in [1.82, 2.24) is 21.3 Å². The van der Waals surface area contributed by atoms with Crippen LogP contribution in [0.3, 0.4) is 0 Å². The lowest BCUT2D eigenvalue weighted by atomic mass is 10.2. The fraction of sp³-hybridized carbons (Fsp3) is 0.500. The van der Waals surface area contributed by atoms with Crippen LogP contribution in [0.1, 0.15) is 39.5 Å². The van der Waals surface area contributed by atoms with Gasteiger partial charge < -0.3 is 31.1 Å². The summed E-state index contributed by atoms with van der Waals surface area (Å²) in [6.45, 7) is 10.1. The summed E-state index contributed by atoms with van der Waals surface area (Å²) in [5.74, 6) is 0. The molecule has 0 saturated heterocycles. The molecule has 8 heteroatoms. The van der Waals surface area contributed by atoms with Gasteiger partial charge in [-0.05, 0) is 51.0 Å². The van der Waals surface area contributed by atoms with Crippen LogP contribution in [0, 0.1) is 0 Å². The molecule has 198 valence electrons. The molecule has 4 amide bonds. The summed E-state index contributed by atoms with van der Waals surface area (Å²) >= 11 is 0. The van der Waals surface area contributed by atoms with E-state index < -0.39 is 0 Å². The zero-order valence-corrected chi connectivity index (χ0v) is 22.0. The van der Waals surface area contributed by atoms with Gasteiger partial charge >= 0.3 is 12.1 Å². The van der Waals surface area contributed by atoms with Crippen molar-refractivity contribution in [3.8, 4) is 0 Å². The lowest BCUT2D eigenvalue weighted by molar-refractivity contribution is 0.239. The van der Waals surface area contributed by atoms with Crippen molar-refractivity contribution in [3.05, 3.63) is 60.7 Å². The minimum absolute atomic E-state index is 0.119. The first kappa shape index (κ1) is 28.8. The topological polar surface area (TPSA) is 88.7 Å². The smallest absolute Gasteiger partial charge is 0.314 e. The maximum atomic E-state index is 12.0. The number of carbonyl (C=O) groups is 2. The number of benzene rings is 2. The van der Waals surface area contributed by atoms with Crippen LogP contribution >= 0.6 is 0 Å². The normalized spacial score (nSPS) is 10.4. The van der Waals surface area contributed by atoms with E-state index in [0.717, 1.165) is 51.9 Å². The molecule has 8 nitrogen and oxygen atoms in total. The molecule has 0 atom stereocenters. The molecule has 0 aliphatic carbocycles. The van der Waals surface area contributed by atoms with Crippen molar-refractivity contribution >= 4 is 23.4 Å². The molecule has 2 aromatic rings. The summed E-state index contributed by atoms with van der Waals surface area (Å²) in [5.41, 5.74) is 2.33. The highest BCUT2D eigenvalue weighted by Gasteiger charge is 2.06. The number of anilines is 2. The Hall–Kier alpha value is -3.42. The highest BCUT2D eigenvalue weighted by molar-refractivity contribution is 5.74. The van der Waals surface area contributed by atoms with Crippen LogP contribution in [0.4, 0.5) is 21.0 Å². The Kier molecular flexibility index (Phi) is 14.4. The van der Waals surface area contributed by atoms with Gasteiger partial charge in [0.15, 0.2) is 0 Å². The van der Waals surface area contributed by atoms with E-state index in [1.807, 2.05) is 36.4 Å². The van der Waals surface area contributed by atoms with Crippen molar-refractivity contribution in [3.63, 3.8) is 0 Å². The minimum Gasteiger partial charge on any atom is -0.370 e. The van der Waals surface area contributed by atoms with Crippen molar-refractivity contribution < 1.29 is 9.59 Å². The Bertz CT molecular complexity index is 778. The van der Waals surface area contributed by atoms with Gasteiger partial charge in [0.1, 0.15) is 0 Å². The first-order chi connectivity index (χ1) is 17.6. The first-order valence-corrected chi connectivity index (χ1v) is 13.3. The van der Waals surface area contributed by atoms with Gasteiger partial charge in [-0.25, -0.2) is 9.59 Å². The van der Waals surface area contributed by atoms with E-state index in [4.69, 9.17) is 0 Å². The number of unbranched alkanes of at least 4 members (excludes halogenated alkanes) is 3. The molecule has 0 spiro atoms. The van der Waals surface area contributed by atoms with Gasteiger partial charge in [-0.15, -0.1) is 0 Å². The zero-order chi connectivity index (χ0) is 25.8. The number of carbonyl (C=O) groups excluding carboxylic acids is 2. The van der Waals surface area contributed by atoms with Gasteiger partial charge in [-0.1, -0.05) is 49.2 Å². The van der Waals surface area contributed by atoms with E-state index in [1.54, 1.807) is 0 Å². The van der Waals surface area contributed by atoms with Gasteiger partial charge in [0.2, 0.25) is 0 Å². The number of nitrogens with one attached hydrogen (secondary N) is 4. The first-order valence-electron chi connectivity index (χ1n) is 13.3. The molecule has 0 aliphatic heterocycles. The second-order valence-corrected chi connectivity index (χ2v) is 8.61.